The predicted octanol–water partition coefficient (Wildman–Crippen LogP) is 3.73. The van der Waals surface area contributed by atoms with Crippen molar-refractivity contribution in [2.75, 3.05) is 13.7 Å². The van der Waals surface area contributed by atoms with Gasteiger partial charge in [0.25, 0.3) is 0 Å². The number of aromatic nitrogens is 1. The van der Waals surface area contributed by atoms with Crippen molar-refractivity contribution in [3.63, 3.8) is 0 Å². The van der Waals surface area contributed by atoms with E-state index in [4.69, 9.17) is 21.1 Å². The van der Waals surface area contributed by atoms with E-state index < -0.39 is 6.29 Å². The highest BCUT2D eigenvalue weighted by molar-refractivity contribution is 9.10. The van der Waals surface area contributed by atoms with Crippen LogP contribution in [-0.4, -0.2) is 29.4 Å². The van der Waals surface area contributed by atoms with Gasteiger partial charge in [0.2, 0.25) is 0 Å². The predicted molar refractivity (Wildman–Crippen MR) is 92.6 cm³/mol. The first kappa shape index (κ1) is 18.3. The molecule has 126 valence electrons. The number of esters is 1. The highest BCUT2D eigenvalue weighted by atomic mass is 79.9. The molecule has 0 aliphatic carbocycles. The van der Waals surface area contributed by atoms with Gasteiger partial charge in [-0.3, -0.25) is 4.79 Å². The minimum absolute atomic E-state index is 0.297. The summed E-state index contributed by atoms with van der Waals surface area (Å²) in [5.41, 5.74) is 2.53. The number of fused-ring (bicyclic) bond motifs is 1. The van der Waals surface area contributed by atoms with Crippen LogP contribution in [0.3, 0.4) is 0 Å². The fourth-order valence-electron chi connectivity index (χ4n) is 2.73. The van der Waals surface area contributed by atoms with Crippen molar-refractivity contribution in [2.45, 2.75) is 26.1 Å². The van der Waals surface area contributed by atoms with E-state index in [9.17, 15) is 9.90 Å². The van der Waals surface area contributed by atoms with Gasteiger partial charge in [-0.1, -0.05) is 17.7 Å². The maximum Gasteiger partial charge on any atom is 0.302 e. The molecule has 0 saturated heterocycles. The molecule has 1 atom stereocenters. The molecule has 23 heavy (non-hydrogen) atoms. The first-order valence-electron chi connectivity index (χ1n) is 7.17. The van der Waals surface area contributed by atoms with Crippen molar-refractivity contribution in [2.24, 2.45) is 7.05 Å². The summed E-state index contributed by atoms with van der Waals surface area (Å²) in [6.45, 7) is 1.72. The second kappa shape index (κ2) is 7.66. The minimum Gasteiger partial charge on any atom is -0.466 e. The molecule has 1 heterocycles. The number of rotatable bonds is 6. The molecular weight excluding hydrogens is 386 g/mol. The molecule has 0 spiro atoms. The summed E-state index contributed by atoms with van der Waals surface area (Å²) in [6, 6.07) is 3.74. The molecule has 5 nitrogen and oxygen atoms in total. The molecule has 0 fully saturated rings. The summed E-state index contributed by atoms with van der Waals surface area (Å²) in [4.78, 5) is 10.9. The summed E-state index contributed by atoms with van der Waals surface area (Å²) in [7, 11) is 3.31. The van der Waals surface area contributed by atoms with Gasteiger partial charge in [-0.25, -0.2) is 0 Å². The van der Waals surface area contributed by atoms with Crippen molar-refractivity contribution in [1.29, 1.82) is 0 Å². The van der Waals surface area contributed by atoms with Crippen LogP contribution in [0.15, 0.2) is 16.6 Å². The van der Waals surface area contributed by atoms with E-state index >= 15 is 0 Å². The smallest absolute Gasteiger partial charge is 0.302 e. The van der Waals surface area contributed by atoms with Crippen LogP contribution in [-0.2, 0) is 27.7 Å². The topological polar surface area (TPSA) is 60.7 Å². The molecule has 1 N–H and O–H groups in total. The van der Waals surface area contributed by atoms with E-state index in [1.165, 1.54) is 14.0 Å². The molecule has 1 aromatic carbocycles. The number of carbonyl (C=O) groups excluding carboxylic acids is 1. The van der Waals surface area contributed by atoms with Gasteiger partial charge in [0.05, 0.1) is 27.3 Å². The number of ether oxygens (including phenoxy) is 2. The van der Waals surface area contributed by atoms with E-state index in [0.29, 0.717) is 30.2 Å². The Morgan fingerprint density at radius 2 is 2.17 bits per heavy atom. The van der Waals surface area contributed by atoms with Crippen molar-refractivity contribution in [3.8, 4) is 0 Å². The Morgan fingerprint density at radius 3 is 2.78 bits per heavy atom. The molecule has 2 aromatic rings. The third kappa shape index (κ3) is 3.71. The zero-order valence-electron chi connectivity index (χ0n) is 13.2. The molecule has 0 saturated carbocycles. The standard InChI is InChI=1S/C16H19BrClNO4/c1-9(20)23-8-4-5-10-11-6-7-12(18)13(17)14(11)19(2)15(10)16(21)22-3/h6-7,16,21H,4-5,8H2,1-3H3. The Labute approximate surface area is 148 Å². The summed E-state index contributed by atoms with van der Waals surface area (Å²) in [5.74, 6) is -0.297. The Hall–Kier alpha value is -1.08. The van der Waals surface area contributed by atoms with Gasteiger partial charge in [0, 0.05) is 26.5 Å². The van der Waals surface area contributed by atoms with Crippen molar-refractivity contribution < 1.29 is 19.4 Å². The van der Waals surface area contributed by atoms with Crippen LogP contribution in [0.25, 0.3) is 10.9 Å². The summed E-state index contributed by atoms with van der Waals surface area (Å²) in [6.07, 6.45) is 0.262. The van der Waals surface area contributed by atoms with E-state index in [1.54, 1.807) is 0 Å². The molecule has 0 radical (unpaired) electrons. The normalized spacial score (nSPS) is 12.6. The maximum absolute atomic E-state index is 10.9. The van der Waals surface area contributed by atoms with E-state index in [2.05, 4.69) is 15.9 Å². The molecule has 0 aliphatic rings. The lowest BCUT2D eigenvalue weighted by atomic mass is 10.1. The summed E-state index contributed by atoms with van der Waals surface area (Å²) in [5, 5.41) is 11.8. The van der Waals surface area contributed by atoms with Crippen LogP contribution in [0.4, 0.5) is 0 Å². The highest BCUT2D eigenvalue weighted by Gasteiger charge is 2.23. The van der Waals surface area contributed by atoms with Crippen LogP contribution >= 0.6 is 27.5 Å². The summed E-state index contributed by atoms with van der Waals surface area (Å²) >= 11 is 9.69. The summed E-state index contributed by atoms with van der Waals surface area (Å²) < 4.78 is 12.7. The fourth-order valence-corrected chi connectivity index (χ4v) is 3.49. The van der Waals surface area contributed by atoms with Crippen LogP contribution in [0.2, 0.25) is 5.02 Å². The number of halogens is 2. The number of methoxy groups -OCH3 is 1. The van der Waals surface area contributed by atoms with Gasteiger partial charge < -0.3 is 19.1 Å². The van der Waals surface area contributed by atoms with E-state index in [1.807, 2.05) is 23.7 Å². The largest absolute Gasteiger partial charge is 0.466 e. The number of aliphatic hydroxyl groups is 1. The van der Waals surface area contributed by atoms with Crippen LogP contribution in [0.1, 0.15) is 30.9 Å². The second-order valence-corrected chi connectivity index (χ2v) is 6.41. The molecule has 1 unspecified atom stereocenters. The average Bonchev–Trinajstić information content (AvgIpc) is 2.79. The number of hydrogen-bond acceptors (Lipinski definition) is 4. The first-order valence-corrected chi connectivity index (χ1v) is 8.35. The van der Waals surface area contributed by atoms with Crippen LogP contribution in [0, 0.1) is 0 Å². The zero-order chi connectivity index (χ0) is 17.1. The average molecular weight is 405 g/mol. The number of aryl methyl sites for hydroxylation is 2. The Bertz CT molecular complexity index is 729. The van der Waals surface area contributed by atoms with Gasteiger partial charge in [-0.2, -0.15) is 0 Å². The number of aliphatic hydroxyl groups excluding tert-OH is 1. The molecular formula is C16H19BrClNO4. The zero-order valence-corrected chi connectivity index (χ0v) is 15.6. The fraction of sp³-hybridized carbons (Fsp3) is 0.438. The Kier molecular flexibility index (Phi) is 6.08. The highest BCUT2D eigenvalue weighted by Crippen LogP contribution is 2.38. The van der Waals surface area contributed by atoms with Crippen LogP contribution < -0.4 is 0 Å². The lowest BCUT2D eigenvalue weighted by Crippen LogP contribution is -2.09. The number of nitrogens with zero attached hydrogens (tertiary/aromatic N) is 1. The van der Waals surface area contributed by atoms with Gasteiger partial charge in [0.15, 0.2) is 6.29 Å². The maximum atomic E-state index is 10.9. The molecule has 1 aromatic heterocycles. The minimum atomic E-state index is -1.04. The molecule has 0 amide bonds. The van der Waals surface area contributed by atoms with Crippen molar-refractivity contribution in [1.82, 2.24) is 4.57 Å². The second-order valence-electron chi connectivity index (χ2n) is 5.21. The van der Waals surface area contributed by atoms with Crippen molar-refractivity contribution >= 4 is 44.4 Å². The van der Waals surface area contributed by atoms with Gasteiger partial charge >= 0.3 is 5.97 Å². The molecule has 0 bridgehead atoms. The SMILES string of the molecule is COC(O)c1c(CCCOC(C)=O)c2ccc(Cl)c(Br)c2n1C. The molecule has 0 aliphatic heterocycles. The quantitative estimate of drug-likeness (QED) is 0.453. The first-order chi connectivity index (χ1) is 10.9. The van der Waals surface area contributed by atoms with Crippen molar-refractivity contribution in [3.05, 3.63) is 32.9 Å². The Balaban J connectivity index is 2.47. The molecule has 7 heteroatoms. The Morgan fingerprint density at radius 1 is 1.48 bits per heavy atom. The lowest BCUT2D eigenvalue weighted by Gasteiger charge is -2.13. The van der Waals surface area contributed by atoms with E-state index in [0.717, 1.165) is 20.9 Å². The van der Waals surface area contributed by atoms with E-state index in [-0.39, 0.29) is 5.97 Å². The van der Waals surface area contributed by atoms with Gasteiger partial charge in [-0.05, 0) is 40.4 Å². The number of carbonyl (C=O) groups is 1. The third-order valence-electron chi connectivity index (χ3n) is 3.73. The lowest BCUT2D eigenvalue weighted by molar-refractivity contribution is -0.141. The number of benzene rings is 1. The van der Waals surface area contributed by atoms with Gasteiger partial charge in [0.1, 0.15) is 0 Å². The monoisotopic (exact) mass is 403 g/mol. The number of hydrogen-bond donors (Lipinski definition) is 1. The van der Waals surface area contributed by atoms with Crippen LogP contribution in [0.5, 0.6) is 0 Å². The third-order valence-corrected chi connectivity index (χ3v) is 5.08. The molecule has 2 rings (SSSR count). The van der Waals surface area contributed by atoms with Gasteiger partial charge in [-0.15, -0.1) is 0 Å².